The molecule has 26 heavy (non-hydrogen) atoms. The minimum Gasteiger partial charge on any atom is -0.492 e. The van der Waals surface area contributed by atoms with Crippen molar-refractivity contribution in [1.82, 2.24) is 5.32 Å². The molecule has 0 radical (unpaired) electrons. The standard InChI is InChI=1S/C20H21FN2O2.ClH/c21-19-15-9-10-22-11-14(15)7-8-17(19)23-20(24)16-3-1-2-4-18(16)25-12-13-5-6-13;/h1-4,7-8,13,22H,5-6,9-12H2,(H,23,24);1H. The molecule has 1 aliphatic carbocycles. The van der Waals surface area contributed by atoms with E-state index in [2.05, 4.69) is 10.6 Å². The Hall–Kier alpha value is -2.11. The number of anilines is 1. The molecule has 0 atom stereocenters. The van der Waals surface area contributed by atoms with Crippen LogP contribution in [0.25, 0.3) is 0 Å². The van der Waals surface area contributed by atoms with Crippen molar-refractivity contribution in [3.8, 4) is 5.75 Å². The molecule has 0 spiro atoms. The molecule has 1 fully saturated rings. The summed E-state index contributed by atoms with van der Waals surface area (Å²) in [6.45, 7) is 2.04. The maximum absolute atomic E-state index is 14.7. The van der Waals surface area contributed by atoms with Crippen LogP contribution in [0.4, 0.5) is 10.1 Å². The molecule has 138 valence electrons. The number of carbonyl (C=O) groups is 1. The molecule has 4 rings (SSSR count). The third kappa shape index (κ3) is 4.00. The highest BCUT2D eigenvalue weighted by Crippen LogP contribution is 2.31. The van der Waals surface area contributed by atoms with Crippen LogP contribution in [0.3, 0.4) is 0 Å². The Kier molecular flexibility index (Phi) is 5.79. The molecule has 2 aromatic carbocycles. The third-order valence-corrected chi connectivity index (χ3v) is 4.76. The van der Waals surface area contributed by atoms with Gasteiger partial charge in [0.2, 0.25) is 0 Å². The summed E-state index contributed by atoms with van der Waals surface area (Å²) in [7, 11) is 0. The normalized spacial score (nSPS) is 15.6. The lowest BCUT2D eigenvalue weighted by Crippen LogP contribution is -2.25. The Morgan fingerprint density at radius 3 is 2.85 bits per heavy atom. The first-order valence-electron chi connectivity index (χ1n) is 8.76. The molecule has 0 saturated heterocycles. The van der Waals surface area contributed by atoms with Crippen LogP contribution in [-0.4, -0.2) is 19.1 Å². The van der Waals surface area contributed by atoms with Crippen LogP contribution in [-0.2, 0) is 13.0 Å². The molecule has 0 aromatic heterocycles. The number of nitrogens with one attached hydrogen (secondary N) is 2. The van der Waals surface area contributed by atoms with Crippen LogP contribution in [0.2, 0.25) is 0 Å². The predicted octanol–water partition coefficient (Wildman–Crippen LogP) is 3.93. The van der Waals surface area contributed by atoms with Crippen molar-refractivity contribution in [2.24, 2.45) is 5.92 Å². The second kappa shape index (κ2) is 8.06. The molecule has 2 aromatic rings. The average molecular weight is 377 g/mol. The van der Waals surface area contributed by atoms with E-state index >= 15 is 0 Å². The van der Waals surface area contributed by atoms with E-state index < -0.39 is 0 Å². The van der Waals surface area contributed by atoms with Gasteiger partial charge in [0.25, 0.3) is 5.91 Å². The number of rotatable bonds is 5. The van der Waals surface area contributed by atoms with Crippen molar-refractivity contribution in [1.29, 1.82) is 0 Å². The highest BCUT2D eigenvalue weighted by Gasteiger charge is 2.23. The van der Waals surface area contributed by atoms with Crippen LogP contribution in [0.5, 0.6) is 5.75 Å². The average Bonchev–Trinajstić information content (AvgIpc) is 3.47. The van der Waals surface area contributed by atoms with E-state index in [-0.39, 0.29) is 29.8 Å². The van der Waals surface area contributed by atoms with Gasteiger partial charge in [-0.25, -0.2) is 4.39 Å². The number of amides is 1. The molecular weight excluding hydrogens is 355 g/mol. The molecule has 0 unspecified atom stereocenters. The van der Waals surface area contributed by atoms with Crippen molar-refractivity contribution >= 4 is 24.0 Å². The van der Waals surface area contributed by atoms with Crippen molar-refractivity contribution < 1.29 is 13.9 Å². The zero-order valence-corrected chi connectivity index (χ0v) is 15.2. The minimum atomic E-state index is -0.348. The van der Waals surface area contributed by atoms with E-state index in [0.717, 1.165) is 12.1 Å². The summed E-state index contributed by atoms with van der Waals surface area (Å²) >= 11 is 0. The molecule has 1 saturated carbocycles. The van der Waals surface area contributed by atoms with Gasteiger partial charge < -0.3 is 15.4 Å². The smallest absolute Gasteiger partial charge is 0.259 e. The van der Waals surface area contributed by atoms with Crippen molar-refractivity contribution in [2.45, 2.75) is 25.8 Å². The highest BCUT2D eigenvalue weighted by atomic mass is 35.5. The van der Waals surface area contributed by atoms with Gasteiger partial charge >= 0.3 is 0 Å². The van der Waals surface area contributed by atoms with Gasteiger partial charge in [-0.3, -0.25) is 4.79 Å². The Balaban J connectivity index is 0.00000196. The summed E-state index contributed by atoms with van der Waals surface area (Å²) in [6, 6.07) is 10.6. The molecule has 2 N–H and O–H groups in total. The maximum Gasteiger partial charge on any atom is 0.259 e. The third-order valence-electron chi connectivity index (χ3n) is 4.76. The lowest BCUT2D eigenvalue weighted by molar-refractivity contribution is 0.102. The Morgan fingerprint density at radius 1 is 1.23 bits per heavy atom. The zero-order chi connectivity index (χ0) is 17.2. The fourth-order valence-electron chi connectivity index (χ4n) is 3.09. The molecule has 6 heteroatoms. The van der Waals surface area contributed by atoms with Crippen molar-refractivity contribution in [3.05, 3.63) is 58.9 Å². The lowest BCUT2D eigenvalue weighted by atomic mass is 9.99. The molecule has 1 aliphatic heterocycles. The van der Waals surface area contributed by atoms with Gasteiger partial charge in [0.1, 0.15) is 11.6 Å². The lowest BCUT2D eigenvalue weighted by Gasteiger charge is -2.19. The maximum atomic E-state index is 14.7. The summed E-state index contributed by atoms with van der Waals surface area (Å²) < 4.78 is 20.5. The van der Waals surface area contributed by atoms with Gasteiger partial charge in [0.05, 0.1) is 17.9 Å². The van der Waals surface area contributed by atoms with Gasteiger partial charge in [0, 0.05) is 6.54 Å². The van der Waals surface area contributed by atoms with Gasteiger partial charge in [-0.15, -0.1) is 12.4 Å². The fourth-order valence-corrected chi connectivity index (χ4v) is 3.09. The molecule has 0 bridgehead atoms. The number of hydrogen-bond donors (Lipinski definition) is 2. The van der Waals surface area contributed by atoms with Gasteiger partial charge in [0.15, 0.2) is 0 Å². The van der Waals surface area contributed by atoms with E-state index in [1.54, 1.807) is 24.3 Å². The summed E-state index contributed by atoms with van der Waals surface area (Å²) in [5.74, 6) is 0.472. The van der Waals surface area contributed by atoms with Crippen LogP contribution >= 0.6 is 12.4 Å². The molecular formula is C20H22ClFN2O2. The zero-order valence-electron chi connectivity index (χ0n) is 14.4. The topological polar surface area (TPSA) is 50.4 Å². The largest absolute Gasteiger partial charge is 0.492 e. The minimum absolute atomic E-state index is 0. The number of benzene rings is 2. The van der Waals surface area contributed by atoms with Crippen molar-refractivity contribution in [2.75, 3.05) is 18.5 Å². The van der Waals surface area contributed by atoms with E-state index in [4.69, 9.17) is 4.74 Å². The van der Waals surface area contributed by atoms with E-state index in [1.807, 2.05) is 12.1 Å². The van der Waals surface area contributed by atoms with Crippen LogP contribution < -0.4 is 15.4 Å². The number of carbonyl (C=O) groups excluding carboxylic acids is 1. The number of hydrogen-bond acceptors (Lipinski definition) is 3. The number of para-hydroxylation sites is 1. The molecule has 1 heterocycles. The number of ether oxygens (including phenoxy) is 1. The van der Waals surface area contributed by atoms with Gasteiger partial charge in [-0.1, -0.05) is 18.2 Å². The van der Waals surface area contributed by atoms with Crippen molar-refractivity contribution in [3.63, 3.8) is 0 Å². The SMILES string of the molecule is Cl.O=C(Nc1ccc2c(c1F)CCNC2)c1ccccc1OCC1CC1. The van der Waals surface area contributed by atoms with Crippen LogP contribution in [0.15, 0.2) is 36.4 Å². The fraction of sp³-hybridized carbons (Fsp3) is 0.350. The molecule has 4 nitrogen and oxygen atoms in total. The van der Waals surface area contributed by atoms with Crippen LogP contribution in [0, 0.1) is 11.7 Å². The van der Waals surface area contributed by atoms with Gasteiger partial charge in [-0.2, -0.15) is 0 Å². The first kappa shape index (κ1) is 18.7. The molecule has 1 amide bonds. The molecule has 2 aliphatic rings. The summed E-state index contributed by atoms with van der Waals surface area (Å²) in [5, 5.41) is 5.93. The van der Waals surface area contributed by atoms with E-state index in [1.165, 1.54) is 12.8 Å². The Labute approximate surface area is 158 Å². The summed E-state index contributed by atoms with van der Waals surface area (Å²) in [4.78, 5) is 12.6. The van der Waals surface area contributed by atoms with Crippen LogP contribution in [0.1, 0.15) is 34.3 Å². The van der Waals surface area contributed by atoms with E-state index in [9.17, 15) is 9.18 Å². The first-order valence-corrected chi connectivity index (χ1v) is 8.76. The summed E-state index contributed by atoms with van der Waals surface area (Å²) in [5.41, 5.74) is 2.30. The number of halogens is 2. The second-order valence-corrected chi connectivity index (χ2v) is 6.70. The monoisotopic (exact) mass is 376 g/mol. The van der Waals surface area contributed by atoms with E-state index in [0.29, 0.717) is 42.4 Å². The Morgan fingerprint density at radius 2 is 2.04 bits per heavy atom. The number of fused-ring (bicyclic) bond motifs is 1. The quantitative estimate of drug-likeness (QED) is 0.831. The Bertz CT molecular complexity index is 808. The predicted molar refractivity (Wildman–Crippen MR) is 102 cm³/mol. The first-order chi connectivity index (χ1) is 12.2. The highest BCUT2D eigenvalue weighted by molar-refractivity contribution is 6.06. The van der Waals surface area contributed by atoms with Gasteiger partial charge in [-0.05, 0) is 61.1 Å². The second-order valence-electron chi connectivity index (χ2n) is 6.70. The summed E-state index contributed by atoms with van der Waals surface area (Å²) in [6.07, 6.45) is 3.00.